The zero-order chi connectivity index (χ0) is 14.8. The highest BCUT2D eigenvalue weighted by molar-refractivity contribution is 5.78. The van der Waals surface area contributed by atoms with Crippen molar-refractivity contribution in [3.63, 3.8) is 0 Å². The van der Waals surface area contributed by atoms with Gasteiger partial charge in [-0.15, -0.1) is 0 Å². The molecule has 2 aromatic rings. The number of aliphatic carboxylic acids is 1. The number of oxime groups is 1. The first-order valence-corrected chi connectivity index (χ1v) is 5.72. The number of aromatic nitrogens is 1. The van der Waals surface area contributed by atoms with Crippen LogP contribution < -0.4 is 10.1 Å². The third kappa shape index (κ3) is 5.28. The van der Waals surface area contributed by atoms with Crippen molar-refractivity contribution < 1.29 is 25.2 Å². The minimum atomic E-state index is -1.52. The van der Waals surface area contributed by atoms with Crippen molar-refractivity contribution in [3.8, 4) is 0 Å². The molecule has 1 heterocycles. The highest BCUT2D eigenvalue weighted by atomic mass is 16.4. The fourth-order valence-electron chi connectivity index (χ4n) is 1.32. The molecule has 0 bridgehead atoms. The number of carbonyl (C=O) groups is 1. The monoisotopic (exact) mass is 274 g/mol. The molecular weight excluding hydrogens is 260 g/mol. The summed E-state index contributed by atoms with van der Waals surface area (Å²) in [6.07, 6.45) is 3.37. The van der Waals surface area contributed by atoms with E-state index in [1.54, 1.807) is 42.7 Å². The molecule has 0 fully saturated rings. The molecule has 2 rings (SSSR count). The Hall–Kier alpha value is -2.73. The van der Waals surface area contributed by atoms with E-state index < -0.39 is 12.1 Å². The van der Waals surface area contributed by atoms with Crippen molar-refractivity contribution in [2.45, 2.75) is 6.10 Å². The number of aromatic amines is 1. The smallest absolute Gasteiger partial charge is 0.167 e. The van der Waals surface area contributed by atoms with Gasteiger partial charge < -0.3 is 20.2 Å². The van der Waals surface area contributed by atoms with Crippen LogP contribution in [0.15, 0.2) is 60.0 Å². The van der Waals surface area contributed by atoms with Crippen LogP contribution in [0.1, 0.15) is 17.2 Å². The number of nitrogens with one attached hydrogen (secondary N) is 1. The van der Waals surface area contributed by atoms with E-state index in [4.69, 9.17) is 10.3 Å². The average Bonchev–Trinajstić information content (AvgIpc) is 2.49. The standard InChI is InChI=1S/C8H8O3.C6H6N2O/c9-7(8(10)11)6-4-2-1-3-5-6;9-8-5-6-1-3-7-4-2-6/h1-5,7,9H,(H,10,11);1-5,9H. The Balaban J connectivity index is 0.000000204. The topological polar surface area (TPSA) is 107 Å². The normalized spacial score (nSPS) is 11.4. The van der Waals surface area contributed by atoms with E-state index in [9.17, 15) is 9.90 Å². The summed E-state index contributed by atoms with van der Waals surface area (Å²) in [5.41, 5.74) is 1.21. The molecule has 0 spiro atoms. The molecule has 0 saturated heterocycles. The van der Waals surface area contributed by atoms with Crippen molar-refractivity contribution in [3.05, 3.63) is 66.0 Å². The molecule has 1 atom stereocenters. The number of aliphatic hydroxyl groups excluding tert-OH is 1. The number of benzene rings is 1. The summed E-state index contributed by atoms with van der Waals surface area (Å²) >= 11 is 0. The van der Waals surface area contributed by atoms with Crippen LogP contribution in [-0.4, -0.2) is 22.5 Å². The summed E-state index contributed by atoms with van der Waals surface area (Å²) in [5.74, 6) is -1.48. The predicted molar refractivity (Wildman–Crippen MR) is 68.8 cm³/mol. The Morgan fingerprint density at radius 1 is 1.20 bits per heavy atom. The predicted octanol–water partition coefficient (Wildman–Crippen LogP) is -0.221. The summed E-state index contributed by atoms with van der Waals surface area (Å²) in [4.78, 5) is 13.0. The largest absolute Gasteiger partial charge is 0.547 e. The maximum atomic E-state index is 10.1. The zero-order valence-corrected chi connectivity index (χ0v) is 10.5. The average molecular weight is 274 g/mol. The number of carboxylic acids is 1. The molecule has 1 unspecified atom stereocenters. The van der Waals surface area contributed by atoms with Gasteiger partial charge in [-0.2, -0.15) is 0 Å². The molecule has 0 aliphatic heterocycles. The van der Waals surface area contributed by atoms with E-state index in [1.807, 2.05) is 0 Å². The van der Waals surface area contributed by atoms with Gasteiger partial charge in [-0.1, -0.05) is 35.5 Å². The third-order valence-corrected chi connectivity index (χ3v) is 2.29. The van der Waals surface area contributed by atoms with Crippen molar-refractivity contribution in [1.82, 2.24) is 0 Å². The first-order valence-electron chi connectivity index (χ1n) is 5.72. The molecule has 20 heavy (non-hydrogen) atoms. The molecule has 0 aliphatic carbocycles. The van der Waals surface area contributed by atoms with Gasteiger partial charge in [0.25, 0.3) is 0 Å². The van der Waals surface area contributed by atoms with Crippen molar-refractivity contribution >= 4 is 12.2 Å². The number of rotatable bonds is 3. The number of carboxylic acid groups (broad SMARTS) is 1. The number of nitrogens with zero attached hydrogens (tertiary/aromatic N) is 1. The van der Waals surface area contributed by atoms with Gasteiger partial charge in [0.1, 0.15) is 6.10 Å². The molecular formula is C14H14N2O4. The number of aliphatic hydroxyl groups is 1. The van der Waals surface area contributed by atoms with Crippen LogP contribution in [0.25, 0.3) is 0 Å². The number of hydrogen-bond donors (Lipinski definition) is 2. The summed E-state index contributed by atoms with van der Waals surface area (Å²) < 4.78 is 0. The lowest BCUT2D eigenvalue weighted by Crippen LogP contribution is -2.29. The second-order valence-electron chi connectivity index (χ2n) is 3.71. The third-order valence-electron chi connectivity index (χ3n) is 2.29. The van der Waals surface area contributed by atoms with Crippen LogP contribution in [0.3, 0.4) is 0 Å². The van der Waals surface area contributed by atoms with E-state index in [-0.39, 0.29) is 0 Å². The van der Waals surface area contributed by atoms with Gasteiger partial charge in [0.05, 0.1) is 12.2 Å². The van der Waals surface area contributed by atoms with Crippen LogP contribution in [0, 0.1) is 0 Å². The fourth-order valence-corrected chi connectivity index (χ4v) is 1.32. The van der Waals surface area contributed by atoms with E-state index in [0.29, 0.717) is 5.56 Å². The van der Waals surface area contributed by atoms with Gasteiger partial charge in [-0.3, -0.25) is 0 Å². The van der Waals surface area contributed by atoms with E-state index in [1.165, 1.54) is 18.3 Å². The zero-order valence-electron chi connectivity index (χ0n) is 10.5. The van der Waals surface area contributed by atoms with Gasteiger partial charge in [-0.25, -0.2) is 4.98 Å². The van der Waals surface area contributed by atoms with Gasteiger partial charge in [-0.05, 0) is 5.56 Å². The quantitative estimate of drug-likeness (QED) is 0.458. The van der Waals surface area contributed by atoms with Gasteiger partial charge in [0.2, 0.25) is 0 Å². The highest BCUT2D eigenvalue weighted by Crippen LogP contribution is 2.09. The molecule has 0 aliphatic rings. The van der Waals surface area contributed by atoms with Crippen LogP contribution in [0.5, 0.6) is 0 Å². The molecule has 0 radical (unpaired) electrons. The van der Waals surface area contributed by atoms with Crippen molar-refractivity contribution in [2.24, 2.45) is 5.16 Å². The van der Waals surface area contributed by atoms with Crippen LogP contribution in [-0.2, 0) is 4.79 Å². The molecule has 0 saturated carbocycles. The fraction of sp³-hybridized carbons (Fsp3) is 0.0714. The molecule has 104 valence electrons. The molecule has 3 N–H and O–H groups in total. The first-order chi connectivity index (χ1) is 9.65. The Labute approximate surface area is 115 Å². The minimum absolute atomic E-state index is 0.340. The van der Waals surface area contributed by atoms with Crippen molar-refractivity contribution in [2.75, 3.05) is 0 Å². The highest BCUT2D eigenvalue weighted by Gasteiger charge is 2.05. The Morgan fingerprint density at radius 2 is 1.80 bits per heavy atom. The number of pyridine rings is 1. The van der Waals surface area contributed by atoms with Gasteiger partial charge in [0, 0.05) is 17.7 Å². The Bertz CT molecular complexity index is 544. The maximum absolute atomic E-state index is 10.1. The summed E-state index contributed by atoms with van der Waals surface area (Å²) in [5, 5.41) is 30.0. The second kappa shape index (κ2) is 8.39. The van der Waals surface area contributed by atoms with Crippen LogP contribution >= 0.6 is 0 Å². The lowest BCUT2D eigenvalue weighted by atomic mass is 10.1. The molecule has 6 nitrogen and oxygen atoms in total. The van der Waals surface area contributed by atoms with Crippen LogP contribution in [0.4, 0.5) is 0 Å². The Morgan fingerprint density at radius 3 is 2.30 bits per heavy atom. The number of hydrogen-bond acceptors (Lipinski definition) is 5. The molecule has 6 heteroatoms. The van der Waals surface area contributed by atoms with E-state index >= 15 is 0 Å². The minimum Gasteiger partial charge on any atom is -0.547 e. The summed E-state index contributed by atoms with van der Waals surface area (Å²) in [6, 6.07) is 11.7. The van der Waals surface area contributed by atoms with Crippen LogP contribution in [0.2, 0.25) is 0 Å². The van der Waals surface area contributed by atoms with Crippen molar-refractivity contribution in [1.29, 1.82) is 0 Å². The van der Waals surface area contributed by atoms with E-state index in [2.05, 4.69) is 10.1 Å². The summed E-state index contributed by atoms with van der Waals surface area (Å²) in [6.45, 7) is 0. The maximum Gasteiger partial charge on any atom is 0.167 e. The molecule has 1 aromatic heterocycles. The van der Waals surface area contributed by atoms with Gasteiger partial charge >= 0.3 is 0 Å². The Kier molecular flexibility index (Phi) is 6.43. The first kappa shape index (κ1) is 15.3. The lowest BCUT2D eigenvalue weighted by Gasteiger charge is -2.10. The lowest BCUT2D eigenvalue weighted by molar-refractivity contribution is -0.378. The number of H-pyrrole nitrogens is 1. The summed E-state index contributed by atoms with van der Waals surface area (Å²) in [7, 11) is 0. The second-order valence-corrected chi connectivity index (χ2v) is 3.71. The number of carbonyl (C=O) groups excluding carboxylic acids is 1. The van der Waals surface area contributed by atoms with Gasteiger partial charge in [0.15, 0.2) is 12.4 Å². The molecule has 0 amide bonds. The molecule has 1 aromatic carbocycles. The SMILES string of the molecule is O=C([O-])C(O)c1ccccc1.ON=Cc1cc[nH+]cc1. The van der Waals surface area contributed by atoms with E-state index in [0.717, 1.165) is 5.56 Å².